The number of hydrogen-bond acceptors (Lipinski definition) is 5. The third kappa shape index (κ3) is 5.07. The molecule has 152 valence electrons. The molecule has 6 nitrogen and oxygen atoms in total. The highest BCUT2D eigenvalue weighted by atomic mass is 79.9. The molecule has 3 rings (SSSR count). The van der Waals surface area contributed by atoms with Crippen LogP contribution < -0.4 is 10.9 Å². The first kappa shape index (κ1) is 21.5. The maximum Gasteiger partial charge on any atom is 0.262 e. The van der Waals surface area contributed by atoms with E-state index in [-0.39, 0.29) is 17.2 Å². The van der Waals surface area contributed by atoms with Gasteiger partial charge >= 0.3 is 0 Å². The molecule has 0 unspecified atom stereocenters. The van der Waals surface area contributed by atoms with E-state index in [9.17, 15) is 9.59 Å². The Morgan fingerprint density at radius 2 is 2.07 bits per heavy atom. The first-order valence-corrected chi connectivity index (χ1v) is 10.9. The molecule has 0 aliphatic rings. The zero-order valence-electron chi connectivity index (χ0n) is 16.5. The summed E-state index contributed by atoms with van der Waals surface area (Å²) in [7, 11) is 1.58. The molecular formula is C21H22BrN3O3S. The molecular weight excluding hydrogens is 454 g/mol. The molecule has 0 bridgehead atoms. The smallest absolute Gasteiger partial charge is 0.262 e. The van der Waals surface area contributed by atoms with Gasteiger partial charge in [-0.05, 0) is 49.2 Å². The van der Waals surface area contributed by atoms with Gasteiger partial charge in [0.2, 0.25) is 5.91 Å². The number of carbonyl (C=O) groups is 1. The van der Waals surface area contributed by atoms with Crippen LogP contribution in [-0.4, -0.2) is 34.9 Å². The summed E-state index contributed by atoms with van der Waals surface area (Å²) in [4.78, 5) is 30.1. The highest BCUT2D eigenvalue weighted by molar-refractivity contribution is 9.10. The molecule has 0 saturated carbocycles. The van der Waals surface area contributed by atoms with Gasteiger partial charge in [0, 0.05) is 17.3 Å². The van der Waals surface area contributed by atoms with Crippen LogP contribution in [0.5, 0.6) is 0 Å². The van der Waals surface area contributed by atoms with E-state index >= 15 is 0 Å². The number of nitrogens with one attached hydrogen (secondary N) is 1. The van der Waals surface area contributed by atoms with Crippen molar-refractivity contribution in [3.8, 4) is 0 Å². The van der Waals surface area contributed by atoms with Crippen molar-refractivity contribution in [1.82, 2.24) is 9.55 Å². The van der Waals surface area contributed by atoms with Gasteiger partial charge in [-0.25, -0.2) is 4.98 Å². The molecule has 1 amide bonds. The zero-order valence-corrected chi connectivity index (χ0v) is 18.9. The lowest BCUT2D eigenvalue weighted by atomic mass is 10.1. The normalized spacial score (nSPS) is 11.0. The fraction of sp³-hybridized carbons (Fsp3) is 0.286. The Labute approximate surface area is 181 Å². The molecule has 2 aromatic carbocycles. The molecule has 0 saturated heterocycles. The highest BCUT2D eigenvalue weighted by Gasteiger charge is 2.14. The first-order valence-electron chi connectivity index (χ1n) is 9.08. The predicted octanol–water partition coefficient (Wildman–Crippen LogP) is 4.15. The quantitative estimate of drug-likeness (QED) is 0.410. The zero-order chi connectivity index (χ0) is 21.0. The Morgan fingerprint density at radius 1 is 1.28 bits per heavy atom. The molecule has 0 aliphatic heterocycles. The van der Waals surface area contributed by atoms with E-state index in [0.29, 0.717) is 29.2 Å². The summed E-state index contributed by atoms with van der Waals surface area (Å²) in [5.74, 6) is 0.00149. The average Bonchev–Trinajstić information content (AvgIpc) is 2.70. The second-order valence-corrected chi connectivity index (χ2v) is 8.45. The first-order chi connectivity index (χ1) is 13.9. The van der Waals surface area contributed by atoms with Gasteiger partial charge in [0.05, 0.1) is 29.8 Å². The van der Waals surface area contributed by atoms with Crippen molar-refractivity contribution in [3.63, 3.8) is 0 Å². The summed E-state index contributed by atoms with van der Waals surface area (Å²) in [6, 6.07) is 11.2. The van der Waals surface area contributed by atoms with Crippen LogP contribution in [-0.2, 0) is 16.1 Å². The minimum atomic E-state index is -0.147. The standard InChI is InChI=1S/C21H22BrN3O3S/c1-13-5-4-6-17(14(13)2)23-19(26)12-29-21-24-18-8-7-15(22)11-16(18)20(27)25(21)9-10-28-3/h4-8,11H,9-10,12H2,1-3H3,(H,23,26). The summed E-state index contributed by atoms with van der Waals surface area (Å²) in [6.07, 6.45) is 0. The average molecular weight is 476 g/mol. The van der Waals surface area contributed by atoms with E-state index in [4.69, 9.17) is 4.74 Å². The number of fused-ring (bicyclic) bond motifs is 1. The number of thioether (sulfide) groups is 1. The fourth-order valence-corrected chi connectivity index (χ4v) is 4.05. The molecule has 3 aromatic rings. The summed E-state index contributed by atoms with van der Waals surface area (Å²) in [5.41, 5.74) is 3.40. The maximum absolute atomic E-state index is 13.0. The monoisotopic (exact) mass is 475 g/mol. The molecule has 0 aliphatic carbocycles. The van der Waals surface area contributed by atoms with Crippen molar-refractivity contribution >= 4 is 50.2 Å². The Bertz CT molecular complexity index is 1110. The van der Waals surface area contributed by atoms with Crippen LogP contribution in [0.3, 0.4) is 0 Å². The molecule has 1 heterocycles. The number of rotatable bonds is 7. The van der Waals surface area contributed by atoms with Crippen LogP contribution in [0.4, 0.5) is 5.69 Å². The second-order valence-electron chi connectivity index (χ2n) is 6.59. The number of nitrogens with zero attached hydrogens (tertiary/aromatic N) is 2. The number of methoxy groups -OCH3 is 1. The van der Waals surface area contributed by atoms with Crippen LogP contribution >= 0.6 is 27.7 Å². The Kier molecular flexibility index (Phi) is 7.10. The number of anilines is 1. The summed E-state index contributed by atoms with van der Waals surface area (Å²) < 4.78 is 7.51. The van der Waals surface area contributed by atoms with Crippen LogP contribution in [0.1, 0.15) is 11.1 Å². The Morgan fingerprint density at radius 3 is 2.83 bits per heavy atom. The van der Waals surface area contributed by atoms with Crippen LogP contribution in [0.15, 0.2) is 50.8 Å². The highest BCUT2D eigenvalue weighted by Crippen LogP contribution is 2.22. The van der Waals surface area contributed by atoms with E-state index < -0.39 is 0 Å². The minimum Gasteiger partial charge on any atom is -0.383 e. The lowest BCUT2D eigenvalue weighted by Crippen LogP contribution is -2.26. The van der Waals surface area contributed by atoms with Crippen molar-refractivity contribution in [3.05, 3.63) is 62.4 Å². The third-order valence-electron chi connectivity index (χ3n) is 4.61. The predicted molar refractivity (Wildman–Crippen MR) is 121 cm³/mol. The number of hydrogen-bond donors (Lipinski definition) is 1. The van der Waals surface area contributed by atoms with Gasteiger partial charge in [0.1, 0.15) is 0 Å². The van der Waals surface area contributed by atoms with Crippen molar-refractivity contribution in [1.29, 1.82) is 0 Å². The number of aryl methyl sites for hydroxylation is 1. The lowest BCUT2D eigenvalue weighted by molar-refractivity contribution is -0.113. The molecule has 0 atom stereocenters. The van der Waals surface area contributed by atoms with Crippen LogP contribution in [0.25, 0.3) is 10.9 Å². The number of amides is 1. The largest absolute Gasteiger partial charge is 0.383 e. The Balaban J connectivity index is 1.84. The van der Waals surface area contributed by atoms with E-state index in [0.717, 1.165) is 21.3 Å². The maximum atomic E-state index is 13.0. The van der Waals surface area contributed by atoms with Crippen LogP contribution in [0, 0.1) is 13.8 Å². The SMILES string of the molecule is COCCn1c(SCC(=O)Nc2cccc(C)c2C)nc2ccc(Br)cc2c1=O. The number of halogens is 1. The molecule has 29 heavy (non-hydrogen) atoms. The number of benzene rings is 2. The molecule has 1 N–H and O–H groups in total. The second kappa shape index (κ2) is 9.56. The van der Waals surface area contributed by atoms with Crippen molar-refractivity contribution in [2.45, 2.75) is 25.5 Å². The van der Waals surface area contributed by atoms with Crippen molar-refractivity contribution in [2.75, 3.05) is 24.8 Å². The van der Waals surface area contributed by atoms with E-state index in [1.165, 1.54) is 11.8 Å². The van der Waals surface area contributed by atoms with E-state index in [2.05, 4.69) is 26.2 Å². The number of carbonyl (C=O) groups excluding carboxylic acids is 1. The lowest BCUT2D eigenvalue weighted by Gasteiger charge is -2.13. The molecule has 0 fully saturated rings. The van der Waals surface area contributed by atoms with E-state index in [1.54, 1.807) is 23.8 Å². The topological polar surface area (TPSA) is 73.2 Å². The van der Waals surface area contributed by atoms with E-state index in [1.807, 2.05) is 38.1 Å². The van der Waals surface area contributed by atoms with Crippen molar-refractivity contribution < 1.29 is 9.53 Å². The molecule has 8 heteroatoms. The molecule has 1 aromatic heterocycles. The summed E-state index contributed by atoms with van der Waals surface area (Å²) >= 11 is 4.64. The number of ether oxygens (including phenoxy) is 1. The molecule has 0 radical (unpaired) electrons. The fourth-order valence-electron chi connectivity index (χ4n) is 2.87. The van der Waals surface area contributed by atoms with Gasteiger partial charge in [0.15, 0.2) is 5.16 Å². The summed E-state index contributed by atoms with van der Waals surface area (Å²) in [6.45, 7) is 4.73. The van der Waals surface area contributed by atoms with Gasteiger partial charge in [-0.3, -0.25) is 14.2 Å². The van der Waals surface area contributed by atoms with Gasteiger partial charge < -0.3 is 10.1 Å². The van der Waals surface area contributed by atoms with Crippen LogP contribution in [0.2, 0.25) is 0 Å². The minimum absolute atomic E-state index is 0.146. The molecule has 0 spiro atoms. The van der Waals surface area contributed by atoms with Crippen molar-refractivity contribution in [2.24, 2.45) is 0 Å². The van der Waals surface area contributed by atoms with Gasteiger partial charge in [0.25, 0.3) is 5.56 Å². The van der Waals surface area contributed by atoms with Gasteiger partial charge in [-0.1, -0.05) is 39.8 Å². The Hall–Kier alpha value is -2.16. The van der Waals surface area contributed by atoms with Gasteiger partial charge in [-0.2, -0.15) is 0 Å². The third-order valence-corrected chi connectivity index (χ3v) is 6.08. The summed E-state index contributed by atoms with van der Waals surface area (Å²) in [5, 5.41) is 3.96. The van der Waals surface area contributed by atoms with Gasteiger partial charge in [-0.15, -0.1) is 0 Å². The number of aromatic nitrogens is 2.